The summed E-state index contributed by atoms with van der Waals surface area (Å²) in [6.45, 7) is 4.26. The molecule has 1 aromatic heterocycles. The summed E-state index contributed by atoms with van der Waals surface area (Å²) in [5.74, 6) is 0.920. The summed E-state index contributed by atoms with van der Waals surface area (Å²) in [7, 11) is 0. The van der Waals surface area contributed by atoms with Gasteiger partial charge in [-0.15, -0.1) is 0 Å². The molecular formula is C21H22N4O4. The highest BCUT2D eigenvalue weighted by molar-refractivity contribution is 5.96. The first-order valence-electron chi connectivity index (χ1n) is 9.01. The molecule has 0 aliphatic rings. The van der Waals surface area contributed by atoms with Crippen molar-refractivity contribution in [2.45, 2.75) is 27.0 Å². The van der Waals surface area contributed by atoms with Crippen LogP contribution in [0.2, 0.25) is 0 Å². The molecule has 0 saturated carbocycles. The maximum atomic E-state index is 12.7. The van der Waals surface area contributed by atoms with Gasteiger partial charge in [-0.05, 0) is 43.7 Å². The zero-order valence-corrected chi connectivity index (χ0v) is 16.2. The number of urea groups is 1. The summed E-state index contributed by atoms with van der Waals surface area (Å²) in [5.41, 5.74) is 8.61. The number of anilines is 1. The number of aromatic nitrogens is 1. The van der Waals surface area contributed by atoms with Crippen molar-refractivity contribution in [3.05, 3.63) is 76.7 Å². The van der Waals surface area contributed by atoms with Gasteiger partial charge in [0.1, 0.15) is 18.1 Å². The highest BCUT2D eigenvalue weighted by atomic mass is 16.5. The molecule has 0 radical (unpaired) electrons. The Hall–Kier alpha value is -3.81. The predicted octanol–water partition coefficient (Wildman–Crippen LogP) is 3.29. The number of carbonyl (C=O) groups excluding carboxylic acids is 2. The van der Waals surface area contributed by atoms with E-state index in [1.54, 1.807) is 42.5 Å². The standard InChI is InChI=1S/C21H22N4O4/c1-13-18(14(2)29-25-13)12-28-19-6-4-3-5-17(19)20(26)23-11-15-7-9-16(10-8-15)24-21(22)27/h3-10H,11-12H2,1-2H3,(H,23,26)(H3,22,24,27). The number of para-hydroxylation sites is 1. The third-order valence-electron chi connectivity index (χ3n) is 4.36. The predicted molar refractivity (Wildman–Crippen MR) is 108 cm³/mol. The van der Waals surface area contributed by atoms with Gasteiger partial charge in [0.05, 0.1) is 16.8 Å². The maximum Gasteiger partial charge on any atom is 0.316 e. The van der Waals surface area contributed by atoms with Crippen molar-refractivity contribution in [3.63, 3.8) is 0 Å². The number of benzene rings is 2. The van der Waals surface area contributed by atoms with Gasteiger partial charge in [0.15, 0.2) is 0 Å². The third-order valence-corrected chi connectivity index (χ3v) is 4.36. The number of nitrogens with zero attached hydrogens (tertiary/aromatic N) is 1. The van der Waals surface area contributed by atoms with E-state index in [2.05, 4.69) is 15.8 Å². The fraction of sp³-hybridized carbons (Fsp3) is 0.190. The summed E-state index contributed by atoms with van der Waals surface area (Å²) in [4.78, 5) is 23.5. The quantitative estimate of drug-likeness (QED) is 0.568. The number of ether oxygens (including phenoxy) is 1. The smallest absolute Gasteiger partial charge is 0.316 e. The van der Waals surface area contributed by atoms with Crippen LogP contribution in [0.3, 0.4) is 0 Å². The molecule has 1 heterocycles. The molecule has 2 aromatic carbocycles. The zero-order valence-electron chi connectivity index (χ0n) is 16.2. The molecule has 3 rings (SSSR count). The van der Waals surface area contributed by atoms with Crippen LogP contribution in [0.25, 0.3) is 0 Å². The third kappa shape index (κ3) is 5.13. The zero-order chi connectivity index (χ0) is 20.8. The highest BCUT2D eigenvalue weighted by Gasteiger charge is 2.14. The number of amides is 3. The van der Waals surface area contributed by atoms with Crippen LogP contribution in [0.5, 0.6) is 5.75 Å². The van der Waals surface area contributed by atoms with E-state index in [9.17, 15) is 9.59 Å². The second-order valence-corrected chi connectivity index (χ2v) is 6.46. The average Bonchev–Trinajstić information content (AvgIpc) is 3.03. The molecule has 0 aliphatic heterocycles. The van der Waals surface area contributed by atoms with Gasteiger partial charge in [0.2, 0.25) is 0 Å². The number of hydrogen-bond donors (Lipinski definition) is 3. The maximum absolute atomic E-state index is 12.7. The molecule has 0 bridgehead atoms. The minimum absolute atomic E-state index is 0.251. The Morgan fingerprint density at radius 1 is 1.10 bits per heavy atom. The van der Waals surface area contributed by atoms with Gasteiger partial charge in [-0.25, -0.2) is 4.79 Å². The molecule has 3 amide bonds. The molecule has 8 nitrogen and oxygen atoms in total. The number of hydrogen-bond acceptors (Lipinski definition) is 5. The molecule has 150 valence electrons. The second-order valence-electron chi connectivity index (χ2n) is 6.46. The fourth-order valence-corrected chi connectivity index (χ4v) is 2.76. The van der Waals surface area contributed by atoms with Gasteiger partial charge in [0, 0.05) is 12.2 Å². The summed E-state index contributed by atoms with van der Waals surface area (Å²) >= 11 is 0. The van der Waals surface area contributed by atoms with E-state index in [4.69, 9.17) is 15.0 Å². The molecule has 0 unspecified atom stereocenters. The van der Waals surface area contributed by atoms with Crippen molar-refractivity contribution >= 4 is 17.6 Å². The molecule has 0 aliphatic carbocycles. The largest absolute Gasteiger partial charge is 0.488 e. The first-order chi connectivity index (χ1) is 13.9. The number of primary amides is 1. The number of aryl methyl sites for hydroxylation is 2. The van der Waals surface area contributed by atoms with Crippen molar-refractivity contribution in [1.82, 2.24) is 10.5 Å². The normalized spacial score (nSPS) is 10.4. The fourth-order valence-electron chi connectivity index (χ4n) is 2.76. The van der Waals surface area contributed by atoms with Gasteiger partial charge < -0.3 is 25.6 Å². The number of nitrogens with two attached hydrogens (primary N) is 1. The van der Waals surface area contributed by atoms with E-state index in [0.717, 1.165) is 16.8 Å². The van der Waals surface area contributed by atoms with Crippen LogP contribution in [-0.2, 0) is 13.2 Å². The molecular weight excluding hydrogens is 372 g/mol. The lowest BCUT2D eigenvalue weighted by Gasteiger charge is -2.12. The van der Waals surface area contributed by atoms with Gasteiger partial charge in [-0.3, -0.25) is 4.79 Å². The molecule has 8 heteroatoms. The van der Waals surface area contributed by atoms with Crippen LogP contribution in [0.4, 0.5) is 10.5 Å². The van der Waals surface area contributed by atoms with Crippen LogP contribution in [0.1, 0.15) is 32.9 Å². The van der Waals surface area contributed by atoms with Crippen LogP contribution < -0.4 is 21.1 Å². The molecule has 0 saturated heterocycles. The van der Waals surface area contributed by atoms with E-state index in [0.29, 0.717) is 29.3 Å². The number of nitrogens with one attached hydrogen (secondary N) is 2. The Balaban J connectivity index is 1.63. The molecule has 0 atom stereocenters. The van der Waals surface area contributed by atoms with Crippen molar-refractivity contribution < 1.29 is 18.8 Å². The lowest BCUT2D eigenvalue weighted by molar-refractivity contribution is 0.0946. The van der Waals surface area contributed by atoms with Crippen molar-refractivity contribution in [2.75, 3.05) is 5.32 Å². The van der Waals surface area contributed by atoms with Crippen LogP contribution in [0.15, 0.2) is 53.1 Å². The molecule has 0 spiro atoms. The Kier molecular flexibility index (Phi) is 6.13. The van der Waals surface area contributed by atoms with E-state index in [-0.39, 0.29) is 12.5 Å². The van der Waals surface area contributed by atoms with Crippen molar-refractivity contribution in [1.29, 1.82) is 0 Å². The Bertz CT molecular complexity index is 992. The number of rotatable bonds is 7. The van der Waals surface area contributed by atoms with Gasteiger partial charge in [-0.2, -0.15) is 0 Å². The van der Waals surface area contributed by atoms with E-state index in [1.165, 1.54) is 0 Å². The SMILES string of the molecule is Cc1noc(C)c1COc1ccccc1C(=O)NCc1ccc(NC(N)=O)cc1. The molecule has 3 aromatic rings. The second kappa shape index (κ2) is 8.92. The first-order valence-corrected chi connectivity index (χ1v) is 9.01. The first kappa shape index (κ1) is 19.9. The van der Waals surface area contributed by atoms with Crippen molar-refractivity contribution in [3.8, 4) is 5.75 Å². The molecule has 29 heavy (non-hydrogen) atoms. The Morgan fingerprint density at radius 3 is 2.48 bits per heavy atom. The van der Waals surface area contributed by atoms with E-state index < -0.39 is 6.03 Å². The van der Waals surface area contributed by atoms with Gasteiger partial charge in [0.25, 0.3) is 5.91 Å². The Morgan fingerprint density at radius 2 is 1.83 bits per heavy atom. The topological polar surface area (TPSA) is 119 Å². The minimum Gasteiger partial charge on any atom is -0.488 e. The van der Waals surface area contributed by atoms with Crippen LogP contribution >= 0.6 is 0 Å². The van der Waals surface area contributed by atoms with Gasteiger partial charge >= 0.3 is 6.03 Å². The van der Waals surface area contributed by atoms with Gasteiger partial charge in [-0.1, -0.05) is 29.4 Å². The summed E-state index contributed by atoms with van der Waals surface area (Å²) in [6, 6.07) is 13.4. The molecule has 4 N–H and O–H groups in total. The van der Waals surface area contributed by atoms with Crippen molar-refractivity contribution in [2.24, 2.45) is 5.73 Å². The van der Waals surface area contributed by atoms with Crippen LogP contribution in [-0.4, -0.2) is 17.1 Å². The van der Waals surface area contributed by atoms with E-state index >= 15 is 0 Å². The average molecular weight is 394 g/mol. The van der Waals surface area contributed by atoms with Crippen LogP contribution in [0, 0.1) is 13.8 Å². The summed E-state index contributed by atoms with van der Waals surface area (Å²) < 4.78 is 11.0. The lowest BCUT2D eigenvalue weighted by Crippen LogP contribution is -2.23. The summed E-state index contributed by atoms with van der Waals surface area (Å²) in [5, 5.41) is 9.26. The highest BCUT2D eigenvalue weighted by Crippen LogP contribution is 2.21. The monoisotopic (exact) mass is 394 g/mol. The summed E-state index contributed by atoms with van der Waals surface area (Å²) in [6.07, 6.45) is 0. The minimum atomic E-state index is -0.626. The lowest BCUT2D eigenvalue weighted by atomic mass is 10.1. The van der Waals surface area contributed by atoms with E-state index in [1.807, 2.05) is 19.9 Å². The number of carbonyl (C=O) groups is 2. The molecule has 0 fully saturated rings. The Labute approximate surface area is 168 Å².